The number of benzene rings is 1. The SMILES string of the molecule is Cc1cc(C)cc(-n2nc(NCC3CC3)c(C#N)c2N)c1. The number of aromatic nitrogens is 2. The highest BCUT2D eigenvalue weighted by Crippen LogP contribution is 2.30. The summed E-state index contributed by atoms with van der Waals surface area (Å²) in [7, 11) is 0. The van der Waals surface area contributed by atoms with Gasteiger partial charge in [0.05, 0.1) is 5.69 Å². The van der Waals surface area contributed by atoms with E-state index in [1.165, 1.54) is 12.8 Å². The Morgan fingerprint density at radius 1 is 1.33 bits per heavy atom. The third-order valence-electron chi connectivity index (χ3n) is 3.74. The minimum Gasteiger partial charge on any atom is -0.382 e. The molecular weight excluding hydrogens is 262 g/mol. The van der Waals surface area contributed by atoms with E-state index in [9.17, 15) is 5.26 Å². The standard InChI is InChI=1S/C16H19N5/c1-10-5-11(2)7-13(6-10)21-15(18)14(8-17)16(20-21)19-9-12-3-4-12/h5-7,12H,3-4,9,18H2,1-2H3,(H,19,20). The second kappa shape index (κ2) is 5.13. The average Bonchev–Trinajstić information content (AvgIpc) is 3.19. The van der Waals surface area contributed by atoms with Crippen molar-refractivity contribution in [2.24, 2.45) is 5.92 Å². The molecule has 1 aliphatic rings. The van der Waals surface area contributed by atoms with Crippen LogP contribution in [0.4, 0.5) is 11.6 Å². The van der Waals surface area contributed by atoms with Gasteiger partial charge in [0.2, 0.25) is 0 Å². The van der Waals surface area contributed by atoms with Crippen LogP contribution >= 0.6 is 0 Å². The second-order valence-electron chi connectivity index (χ2n) is 5.80. The zero-order valence-electron chi connectivity index (χ0n) is 12.3. The molecule has 2 aromatic rings. The zero-order valence-corrected chi connectivity index (χ0v) is 12.3. The molecule has 0 bridgehead atoms. The Morgan fingerprint density at radius 2 is 2.00 bits per heavy atom. The van der Waals surface area contributed by atoms with E-state index in [1.807, 2.05) is 26.0 Å². The maximum Gasteiger partial charge on any atom is 0.168 e. The molecule has 0 saturated heterocycles. The summed E-state index contributed by atoms with van der Waals surface area (Å²) in [5.41, 5.74) is 9.71. The van der Waals surface area contributed by atoms with Crippen LogP contribution in [0.25, 0.3) is 5.69 Å². The number of nitrogens with one attached hydrogen (secondary N) is 1. The Labute approximate surface area is 124 Å². The number of anilines is 2. The lowest BCUT2D eigenvalue weighted by Gasteiger charge is -2.06. The van der Waals surface area contributed by atoms with Gasteiger partial charge in [-0.1, -0.05) is 6.07 Å². The van der Waals surface area contributed by atoms with E-state index in [0.29, 0.717) is 23.1 Å². The number of aryl methyl sites for hydroxylation is 2. The molecule has 0 unspecified atom stereocenters. The van der Waals surface area contributed by atoms with Crippen molar-refractivity contribution in [2.75, 3.05) is 17.6 Å². The van der Waals surface area contributed by atoms with E-state index < -0.39 is 0 Å². The number of hydrogen-bond donors (Lipinski definition) is 2. The molecule has 0 radical (unpaired) electrons. The van der Waals surface area contributed by atoms with Crippen LogP contribution in [-0.4, -0.2) is 16.3 Å². The van der Waals surface area contributed by atoms with Crippen LogP contribution in [0, 0.1) is 31.1 Å². The fourth-order valence-corrected chi connectivity index (χ4v) is 2.50. The van der Waals surface area contributed by atoms with Crippen molar-refractivity contribution in [1.82, 2.24) is 9.78 Å². The van der Waals surface area contributed by atoms with Crippen LogP contribution in [-0.2, 0) is 0 Å². The lowest BCUT2D eigenvalue weighted by molar-refractivity contribution is 0.853. The van der Waals surface area contributed by atoms with Gasteiger partial charge in [-0.2, -0.15) is 5.26 Å². The Morgan fingerprint density at radius 3 is 2.57 bits per heavy atom. The number of nitrogens with two attached hydrogens (primary N) is 1. The Bertz CT molecular complexity index is 699. The van der Waals surface area contributed by atoms with Crippen molar-refractivity contribution in [3.63, 3.8) is 0 Å². The zero-order chi connectivity index (χ0) is 15.0. The van der Waals surface area contributed by atoms with Crippen LogP contribution < -0.4 is 11.1 Å². The van der Waals surface area contributed by atoms with E-state index in [2.05, 4.69) is 22.6 Å². The molecule has 0 atom stereocenters. The van der Waals surface area contributed by atoms with Gasteiger partial charge in [-0.3, -0.25) is 0 Å². The van der Waals surface area contributed by atoms with Gasteiger partial charge in [-0.15, -0.1) is 5.10 Å². The molecule has 1 heterocycles. The Kier molecular flexibility index (Phi) is 3.30. The summed E-state index contributed by atoms with van der Waals surface area (Å²) in [6.45, 7) is 4.93. The first-order valence-electron chi connectivity index (χ1n) is 7.19. The highest BCUT2D eigenvalue weighted by molar-refractivity contribution is 5.66. The molecule has 0 amide bonds. The maximum absolute atomic E-state index is 9.33. The molecule has 21 heavy (non-hydrogen) atoms. The fraction of sp³-hybridized carbons (Fsp3) is 0.375. The number of rotatable bonds is 4. The van der Waals surface area contributed by atoms with Gasteiger partial charge in [-0.25, -0.2) is 4.68 Å². The summed E-state index contributed by atoms with van der Waals surface area (Å²) in [6, 6.07) is 8.29. The van der Waals surface area contributed by atoms with Crippen LogP contribution in [0.5, 0.6) is 0 Å². The molecule has 108 valence electrons. The van der Waals surface area contributed by atoms with Crippen molar-refractivity contribution in [3.8, 4) is 11.8 Å². The Hall–Kier alpha value is -2.48. The lowest BCUT2D eigenvalue weighted by Crippen LogP contribution is -2.05. The average molecular weight is 281 g/mol. The van der Waals surface area contributed by atoms with Gasteiger partial charge in [-0.05, 0) is 55.9 Å². The third-order valence-corrected chi connectivity index (χ3v) is 3.74. The molecule has 1 aromatic heterocycles. The lowest BCUT2D eigenvalue weighted by atomic mass is 10.1. The first-order chi connectivity index (χ1) is 10.1. The summed E-state index contributed by atoms with van der Waals surface area (Å²) in [5, 5.41) is 17.1. The molecule has 0 aliphatic heterocycles. The van der Waals surface area contributed by atoms with Gasteiger partial charge >= 0.3 is 0 Å². The van der Waals surface area contributed by atoms with Gasteiger partial charge < -0.3 is 11.1 Å². The van der Waals surface area contributed by atoms with Crippen molar-refractivity contribution < 1.29 is 0 Å². The number of nitrogens with zero attached hydrogens (tertiary/aromatic N) is 3. The first kappa shape index (κ1) is 13.5. The van der Waals surface area contributed by atoms with Crippen LogP contribution in [0.15, 0.2) is 18.2 Å². The van der Waals surface area contributed by atoms with E-state index in [1.54, 1.807) is 4.68 Å². The second-order valence-corrected chi connectivity index (χ2v) is 5.80. The summed E-state index contributed by atoms with van der Waals surface area (Å²) < 4.78 is 1.65. The molecule has 1 fully saturated rings. The van der Waals surface area contributed by atoms with Gasteiger partial charge in [0.1, 0.15) is 17.5 Å². The van der Waals surface area contributed by atoms with E-state index >= 15 is 0 Å². The molecule has 3 rings (SSSR count). The quantitative estimate of drug-likeness (QED) is 0.903. The molecule has 5 heteroatoms. The number of hydrogen-bond acceptors (Lipinski definition) is 4. The van der Waals surface area contributed by atoms with Crippen molar-refractivity contribution in [1.29, 1.82) is 5.26 Å². The summed E-state index contributed by atoms with van der Waals surface area (Å²) >= 11 is 0. The van der Waals surface area contributed by atoms with E-state index in [4.69, 9.17) is 5.73 Å². The van der Waals surface area contributed by atoms with Crippen molar-refractivity contribution in [2.45, 2.75) is 26.7 Å². The highest BCUT2D eigenvalue weighted by atomic mass is 15.3. The van der Waals surface area contributed by atoms with E-state index in [-0.39, 0.29) is 0 Å². The molecule has 1 saturated carbocycles. The third kappa shape index (κ3) is 2.70. The smallest absolute Gasteiger partial charge is 0.168 e. The normalized spacial score (nSPS) is 14.0. The topological polar surface area (TPSA) is 79.7 Å². The van der Waals surface area contributed by atoms with Gasteiger partial charge in [0.15, 0.2) is 5.82 Å². The summed E-state index contributed by atoms with van der Waals surface area (Å²) in [5.74, 6) is 1.69. The maximum atomic E-state index is 9.33. The summed E-state index contributed by atoms with van der Waals surface area (Å²) in [6.07, 6.45) is 2.50. The van der Waals surface area contributed by atoms with Gasteiger partial charge in [0.25, 0.3) is 0 Å². The minimum atomic E-state index is 0.390. The molecule has 0 spiro atoms. The molecular formula is C16H19N5. The monoisotopic (exact) mass is 281 g/mol. The fourth-order valence-electron chi connectivity index (χ4n) is 2.50. The van der Waals surface area contributed by atoms with Crippen molar-refractivity contribution >= 4 is 11.6 Å². The first-order valence-corrected chi connectivity index (χ1v) is 7.19. The summed E-state index contributed by atoms with van der Waals surface area (Å²) in [4.78, 5) is 0. The van der Waals surface area contributed by atoms with E-state index in [0.717, 1.165) is 23.4 Å². The Balaban J connectivity index is 1.99. The highest BCUT2D eigenvalue weighted by Gasteiger charge is 2.23. The molecule has 3 N–H and O–H groups in total. The van der Waals surface area contributed by atoms with Crippen LogP contribution in [0.3, 0.4) is 0 Å². The number of nitrogen functional groups attached to an aromatic ring is 1. The molecule has 1 aliphatic carbocycles. The predicted octanol–water partition coefficient (Wildman–Crippen LogP) is 2.76. The molecule has 5 nitrogen and oxygen atoms in total. The largest absolute Gasteiger partial charge is 0.382 e. The van der Waals surface area contributed by atoms with Crippen LogP contribution in [0.2, 0.25) is 0 Å². The minimum absolute atomic E-state index is 0.390. The van der Waals surface area contributed by atoms with Crippen LogP contribution in [0.1, 0.15) is 29.5 Å². The molecule has 1 aromatic carbocycles. The van der Waals surface area contributed by atoms with Crippen molar-refractivity contribution in [3.05, 3.63) is 34.9 Å². The van der Waals surface area contributed by atoms with Gasteiger partial charge in [0, 0.05) is 6.54 Å². The predicted molar refractivity (Wildman–Crippen MR) is 83.4 cm³/mol. The number of nitriles is 1.